The van der Waals surface area contributed by atoms with Gasteiger partial charge in [-0.05, 0) is 24.7 Å². The normalized spacial score (nSPS) is 8.93. The number of carboxylic acid groups (broad SMARTS) is 2. The van der Waals surface area contributed by atoms with Gasteiger partial charge in [0.25, 0.3) is 0 Å². The van der Waals surface area contributed by atoms with Crippen LogP contribution in [0.3, 0.4) is 0 Å². The van der Waals surface area contributed by atoms with Crippen LogP contribution in [0.1, 0.15) is 40.5 Å². The molecular weight excluding hydrogens is 272 g/mol. The number of hydrogen-bond acceptors (Lipinski definition) is 4. The maximum Gasteiger partial charge on any atom is 2.00 e. The first-order chi connectivity index (χ1) is 6.25. The van der Waals surface area contributed by atoms with Gasteiger partial charge in [0, 0.05) is 11.9 Å². The van der Waals surface area contributed by atoms with E-state index in [0.717, 1.165) is 0 Å². The van der Waals surface area contributed by atoms with Crippen molar-refractivity contribution in [3.63, 3.8) is 0 Å². The van der Waals surface area contributed by atoms with Crippen LogP contribution in [0.15, 0.2) is 0 Å². The molecule has 0 bridgehead atoms. The van der Waals surface area contributed by atoms with Crippen LogP contribution >= 0.6 is 0 Å². The zero-order valence-corrected chi connectivity index (χ0v) is 13.4. The van der Waals surface area contributed by atoms with Gasteiger partial charge >= 0.3 is 45.5 Å². The second-order valence-corrected chi connectivity index (χ2v) is 3.94. The second-order valence-electron chi connectivity index (χ2n) is 3.94. The fourth-order valence-corrected chi connectivity index (χ4v) is 0.667. The maximum absolute atomic E-state index is 9.70. The van der Waals surface area contributed by atoms with Gasteiger partial charge in [0.05, 0.1) is 0 Å². The molecule has 4 nitrogen and oxygen atoms in total. The molecule has 0 aromatic heterocycles. The number of hydrogen-bond donors (Lipinski definition) is 0. The largest absolute Gasteiger partial charge is 2.00 e. The topological polar surface area (TPSA) is 80.3 Å². The van der Waals surface area contributed by atoms with Gasteiger partial charge in [-0.1, -0.05) is 27.7 Å². The molecule has 0 N–H and O–H groups in total. The van der Waals surface area contributed by atoms with Crippen molar-refractivity contribution in [2.24, 2.45) is 11.8 Å². The Balaban J connectivity index is -0.000000180. The van der Waals surface area contributed by atoms with Crippen molar-refractivity contribution in [3.8, 4) is 0 Å². The van der Waals surface area contributed by atoms with Gasteiger partial charge in [0.1, 0.15) is 0 Å². The molecule has 0 amide bonds. The van der Waals surface area contributed by atoms with E-state index in [0.29, 0.717) is 0 Å². The fourth-order valence-electron chi connectivity index (χ4n) is 0.667. The zero-order valence-electron chi connectivity index (χ0n) is 9.91. The summed E-state index contributed by atoms with van der Waals surface area (Å²) in [4.78, 5) is 19.4. The first kappa shape index (κ1) is 20.8. The van der Waals surface area contributed by atoms with E-state index in [2.05, 4.69) is 0 Å². The molecule has 0 unspecified atom stereocenters. The average molecular weight is 290 g/mol. The third-order valence-electron chi connectivity index (χ3n) is 1.15. The van der Waals surface area contributed by atoms with E-state index >= 15 is 0 Å². The summed E-state index contributed by atoms with van der Waals surface area (Å²) in [6, 6.07) is 0. The van der Waals surface area contributed by atoms with Gasteiger partial charge in [-0.15, -0.1) is 0 Å². The van der Waals surface area contributed by atoms with Crippen LogP contribution in [0.25, 0.3) is 0 Å². The van der Waals surface area contributed by atoms with Gasteiger partial charge in [-0.25, -0.2) is 0 Å². The van der Waals surface area contributed by atoms with Crippen molar-refractivity contribution in [1.82, 2.24) is 0 Å². The third-order valence-corrected chi connectivity index (χ3v) is 1.15. The summed E-state index contributed by atoms with van der Waals surface area (Å²) in [6.07, 6.45) is 0.333. The molecule has 0 aliphatic carbocycles. The summed E-state index contributed by atoms with van der Waals surface area (Å²) >= 11 is 0. The summed E-state index contributed by atoms with van der Waals surface area (Å²) in [6.45, 7) is 7.37. The van der Waals surface area contributed by atoms with Gasteiger partial charge < -0.3 is 19.8 Å². The number of rotatable bonds is 4. The fraction of sp³-hybridized carbons (Fsp3) is 0.800. The van der Waals surface area contributed by atoms with Crippen molar-refractivity contribution in [3.05, 3.63) is 0 Å². The van der Waals surface area contributed by atoms with Crippen LogP contribution in [0, 0.1) is 11.8 Å². The monoisotopic (exact) mass is 290 g/mol. The first-order valence-corrected chi connectivity index (χ1v) is 4.65. The Hall–Kier alpha value is 0.421. The van der Waals surface area contributed by atoms with Crippen LogP contribution in [0.4, 0.5) is 0 Å². The Morgan fingerprint density at radius 2 is 1.07 bits per heavy atom. The Kier molecular flexibility index (Phi) is 17.3. The number of aliphatic carboxylic acids is 2. The quantitative estimate of drug-likeness (QED) is 0.634. The van der Waals surface area contributed by atoms with E-state index in [1.807, 2.05) is 27.7 Å². The van der Waals surface area contributed by atoms with E-state index in [9.17, 15) is 19.8 Å². The molecule has 0 spiro atoms. The molecular formula is C10H18O4Sr. The van der Waals surface area contributed by atoms with E-state index in [4.69, 9.17) is 0 Å². The summed E-state index contributed by atoms with van der Waals surface area (Å²) < 4.78 is 0. The molecule has 15 heavy (non-hydrogen) atoms. The minimum atomic E-state index is -0.963. The molecule has 0 atom stereocenters. The van der Waals surface area contributed by atoms with E-state index in [1.54, 1.807) is 0 Å². The number of carbonyl (C=O) groups is 2. The molecule has 0 rings (SSSR count). The van der Waals surface area contributed by atoms with E-state index in [1.165, 1.54) is 0 Å². The van der Waals surface area contributed by atoms with Crippen molar-refractivity contribution in [2.45, 2.75) is 40.5 Å². The van der Waals surface area contributed by atoms with Crippen molar-refractivity contribution >= 4 is 57.4 Å². The Labute approximate surface area is 128 Å². The summed E-state index contributed by atoms with van der Waals surface area (Å²) in [7, 11) is 0. The smallest absolute Gasteiger partial charge is 0.550 e. The average Bonchev–Trinajstić information content (AvgIpc) is 1.79. The molecule has 0 aliphatic heterocycles. The van der Waals surface area contributed by atoms with Crippen LogP contribution in [-0.2, 0) is 9.59 Å². The molecule has 0 aromatic rings. The number of carbonyl (C=O) groups excluding carboxylic acids is 2. The minimum absolute atomic E-state index is 0. The van der Waals surface area contributed by atoms with Crippen molar-refractivity contribution in [1.29, 1.82) is 0 Å². The minimum Gasteiger partial charge on any atom is -0.550 e. The molecule has 0 saturated heterocycles. The predicted octanol–water partition coefficient (Wildman–Crippen LogP) is -0.816. The molecule has 0 aliphatic rings. The third kappa shape index (κ3) is 31.4. The van der Waals surface area contributed by atoms with Gasteiger partial charge in [-0.2, -0.15) is 0 Å². The molecule has 0 saturated carbocycles. The predicted molar refractivity (Wildman–Crippen MR) is 54.7 cm³/mol. The Morgan fingerprint density at radius 3 is 1.07 bits per heavy atom. The molecule has 0 aromatic carbocycles. The van der Waals surface area contributed by atoms with Crippen molar-refractivity contribution < 1.29 is 19.8 Å². The number of carboxylic acids is 2. The maximum atomic E-state index is 9.70. The summed E-state index contributed by atoms with van der Waals surface area (Å²) in [5.74, 6) is -1.50. The molecule has 0 heterocycles. The van der Waals surface area contributed by atoms with Gasteiger partial charge in [0.15, 0.2) is 0 Å². The van der Waals surface area contributed by atoms with Crippen molar-refractivity contribution in [2.75, 3.05) is 0 Å². The first-order valence-electron chi connectivity index (χ1n) is 4.65. The molecule has 0 fully saturated rings. The van der Waals surface area contributed by atoms with Crippen LogP contribution in [0.5, 0.6) is 0 Å². The van der Waals surface area contributed by atoms with Gasteiger partial charge in [-0.3, -0.25) is 0 Å². The van der Waals surface area contributed by atoms with Crippen LogP contribution < -0.4 is 10.2 Å². The zero-order chi connectivity index (χ0) is 11.7. The second kappa shape index (κ2) is 12.5. The summed E-state index contributed by atoms with van der Waals surface area (Å²) in [5, 5.41) is 19.4. The Morgan fingerprint density at radius 1 is 0.867 bits per heavy atom. The van der Waals surface area contributed by atoms with E-state index < -0.39 is 11.9 Å². The van der Waals surface area contributed by atoms with Crippen LogP contribution in [0.2, 0.25) is 0 Å². The van der Waals surface area contributed by atoms with Crippen LogP contribution in [-0.4, -0.2) is 57.4 Å². The molecule has 0 radical (unpaired) electrons. The molecule has 5 heteroatoms. The van der Waals surface area contributed by atoms with Gasteiger partial charge in [0.2, 0.25) is 0 Å². The summed E-state index contributed by atoms with van der Waals surface area (Å²) in [5.41, 5.74) is 0. The molecule has 84 valence electrons. The van der Waals surface area contributed by atoms with E-state index in [-0.39, 0.29) is 70.2 Å². The SMILES string of the molecule is CC(C)CC(=O)[O-].CC(C)CC(=O)[O-].[Sr+2]. The standard InChI is InChI=1S/2C5H10O2.Sr/c2*1-4(2)3-5(6)7;/h2*4H,3H2,1-2H3,(H,6,7);/q;;+2/p-2. The Bertz CT molecular complexity index is 158.